The zero-order valence-electron chi connectivity index (χ0n) is 9.47. The van der Waals surface area contributed by atoms with Crippen LogP contribution in [0, 0.1) is 15.9 Å². The number of aldehydes is 1. The maximum absolute atomic E-state index is 13.7. The fraction of sp³-hybridized carbons (Fsp3) is 0. The van der Waals surface area contributed by atoms with Gasteiger partial charge in [-0.2, -0.15) is 0 Å². The average Bonchev–Trinajstić information content (AvgIpc) is 2.40. The highest BCUT2D eigenvalue weighted by Crippen LogP contribution is 2.33. The van der Waals surface area contributed by atoms with Crippen LogP contribution < -0.4 is 0 Å². The number of carbonyl (C=O) groups is 1. The third kappa shape index (κ3) is 2.61. The van der Waals surface area contributed by atoms with E-state index in [1.54, 1.807) is 0 Å². The van der Waals surface area contributed by atoms with E-state index in [9.17, 15) is 19.3 Å². The fourth-order valence-electron chi connectivity index (χ4n) is 1.70. The van der Waals surface area contributed by atoms with Crippen LogP contribution in [-0.2, 0) is 0 Å². The summed E-state index contributed by atoms with van der Waals surface area (Å²) in [7, 11) is 0. The molecule has 0 unspecified atom stereocenters. The van der Waals surface area contributed by atoms with Gasteiger partial charge >= 0.3 is 0 Å². The van der Waals surface area contributed by atoms with Gasteiger partial charge in [-0.05, 0) is 24.3 Å². The average molecular weight is 280 g/mol. The maximum Gasteiger partial charge on any atom is 0.278 e. The molecule has 0 aromatic heterocycles. The Kier molecular flexibility index (Phi) is 3.57. The first kappa shape index (κ1) is 13.2. The number of benzene rings is 2. The van der Waals surface area contributed by atoms with Crippen LogP contribution in [0.15, 0.2) is 36.4 Å². The molecule has 0 bridgehead atoms. The Morgan fingerprint density at radius 1 is 1.16 bits per heavy atom. The van der Waals surface area contributed by atoms with E-state index in [1.165, 1.54) is 24.3 Å². The monoisotopic (exact) mass is 279 g/mol. The van der Waals surface area contributed by atoms with Crippen LogP contribution in [0.25, 0.3) is 11.1 Å². The minimum atomic E-state index is -0.664. The lowest BCUT2D eigenvalue weighted by molar-refractivity contribution is -0.384. The number of halogens is 2. The number of nitro benzene ring substituents is 1. The Labute approximate surface area is 112 Å². The molecule has 96 valence electrons. The van der Waals surface area contributed by atoms with Gasteiger partial charge in [0.05, 0.1) is 10.5 Å². The van der Waals surface area contributed by atoms with Crippen LogP contribution >= 0.6 is 11.6 Å². The van der Waals surface area contributed by atoms with E-state index in [2.05, 4.69) is 0 Å². The lowest BCUT2D eigenvalue weighted by atomic mass is 10.0. The molecule has 0 spiro atoms. The van der Waals surface area contributed by atoms with Crippen LogP contribution in [0.3, 0.4) is 0 Å². The zero-order chi connectivity index (χ0) is 14.0. The Bertz CT molecular complexity index is 673. The molecular weight excluding hydrogens is 273 g/mol. The van der Waals surface area contributed by atoms with E-state index in [-0.39, 0.29) is 27.4 Å². The molecule has 2 aromatic carbocycles. The van der Waals surface area contributed by atoms with Crippen LogP contribution in [0.4, 0.5) is 10.1 Å². The van der Waals surface area contributed by atoms with Crippen molar-refractivity contribution in [3.63, 3.8) is 0 Å². The first-order chi connectivity index (χ1) is 9.02. The molecule has 0 amide bonds. The Morgan fingerprint density at radius 3 is 2.53 bits per heavy atom. The summed E-state index contributed by atoms with van der Waals surface area (Å²) in [6.07, 6.45) is 0.491. The maximum atomic E-state index is 13.7. The van der Waals surface area contributed by atoms with Crippen molar-refractivity contribution in [2.75, 3.05) is 0 Å². The number of carbonyl (C=O) groups excluding carboxylic acids is 1. The third-order valence-electron chi connectivity index (χ3n) is 2.57. The predicted octanol–water partition coefficient (Wildman–Crippen LogP) is 3.87. The van der Waals surface area contributed by atoms with Gasteiger partial charge in [0.25, 0.3) is 5.69 Å². The minimum Gasteiger partial charge on any atom is -0.298 e. The second-order valence-electron chi connectivity index (χ2n) is 3.78. The molecule has 0 saturated carbocycles. The second kappa shape index (κ2) is 5.16. The van der Waals surface area contributed by atoms with E-state index in [1.807, 2.05) is 0 Å². The molecule has 0 aliphatic heterocycles. The number of hydrogen-bond donors (Lipinski definition) is 0. The molecule has 19 heavy (non-hydrogen) atoms. The second-order valence-corrected chi connectivity index (χ2v) is 4.21. The number of nitro groups is 1. The normalized spacial score (nSPS) is 10.2. The molecule has 4 nitrogen and oxygen atoms in total. The van der Waals surface area contributed by atoms with Gasteiger partial charge < -0.3 is 0 Å². The van der Waals surface area contributed by atoms with Crippen molar-refractivity contribution >= 4 is 23.6 Å². The summed E-state index contributed by atoms with van der Waals surface area (Å²) in [5.41, 5.74) is -0.0871. The van der Waals surface area contributed by atoms with Crippen molar-refractivity contribution in [1.29, 1.82) is 0 Å². The summed E-state index contributed by atoms with van der Waals surface area (Å²) < 4.78 is 13.7. The molecular formula is C13H7ClFNO3. The standard InChI is InChI=1S/C13H7ClFNO3/c14-9-2-4-12(15)11(6-9)10-3-1-8(7-17)5-13(10)16(18)19/h1-7H. The van der Waals surface area contributed by atoms with Gasteiger partial charge in [0.1, 0.15) is 12.1 Å². The molecule has 2 aromatic rings. The van der Waals surface area contributed by atoms with Gasteiger partial charge in [-0.25, -0.2) is 4.39 Å². The SMILES string of the molecule is O=Cc1ccc(-c2cc(Cl)ccc2F)c([N+](=O)[O-])c1. The smallest absolute Gasteiger partial charge is 0.278 e. The Morgan fingerprint density at radius 2 is 1.89 bits per heavy atom. The van der Waals surface area contributed by atoms with Crippen molar-refractivity contribution in [1.82, 2.24) is 0 Å². The lowest BCUT2D eigenvalue weighted by Gasteiger charge is -2.06. The zero-order valence-corrected chi connectivity index (χ0v) is 10.2. The van der Waals surface area contributed by atoms with E-state index < -0.39 is 10.7 Å². The van der Waals surface area contributed by atoms with Gasteiger partial charge in [-0.1, -0.05) is 17.7 Å². The number of nitrogens with zero attached hydrogens (tertiary/aromatic N) is 1. The summed E-state index contributed by atoms with van der Waals surface area (Å²) in [5.74, 6) is -0.619. The van der Waals surface area contributed by atoms with E-state index in [0.717, 1.165) is 12.1 Å². The first-order valence-electron chi connectivity index (χ1n) is 5.22. The van der Waals surface area contributed by atoms with Gasteiger partial charge in [0.2, 0.25) is 0 Å². The van der Waals surface area contributed by atoms with E-state index >= 15 is 0 Å². The van der Waals surface area contributed by atoms with Crippen molar-refractivity contribution in [3.05, 3.63) is 62.9 Å². The third-order valence-corrected chi connectivity index (χ3v) is 2.81. The van der Waals surface area contributed by atoms with Crippen molar-refractivity contribution in [2.45, 2.75) is 0 Å². The molecule has 0 heterocycles. The summed E-state index contributed by atoms with van der Waals surface area (Å²) in [4.78, 5) is 21.0. The van der Waals surface area contributed by atoms with Gasteiger partial charge in [0, 0.05) is 22.2 Å². The van der Waals surface area contributed by atoms with Gasteiger partial charge in [-0.15, -0.1) is 0 Å². The molecule has 0 radical (unpaired) electrons. The summed E-state index contributed by atoms with van der Waals surface area (Å²) >= 11 is 5.76. The van der Waals surface area contributed by atoms with Gasteiger partial charge in [-0.3, -0.25) is 14.9 Å². The molecule has 0 N–H and O–H groups in total. The van der Waals surface area contributed by atoms with Crippen LogP contribution in [0.2, 0.25) is 5.02 Å². The first-order valence-corrected chi connectivity index (χ1v) is 5.60. The van der Waals surface area contributed by atoms with Crippen LogP contribution in [0.1, 0.15) is 10.4 Å². The fourth-order valence-corrected chi connectivity index (χ4v) is 1.88. The van der Waals surface area contributed by atoms with Gasteiger partial charge in [0.15, 0.2) is 0 Å². The van der Waals surface area contributed by atoms with Crippen molar-refractivity contribution < 1.29 is 14.1 Å². The number of hydrogen-bond acceptors (Lipinski definition) is 3. The van der Waals surface area contributed by atoms with Crippen LogP contribution in [-0.4, -0.2) is 11.2 Å². The van der Waals surface area contributed by atoms with Crippen molar-refractivity contribution in [3.8, 4) is 11.1 Å². The molecule has 0 atom stereocenters. The van der Waals surface area contributed by atoms with E-state index in [0.29, 0.717) is 6.29 Å². The highest BCUT2D eigenvalue weighted by molar-refractivity contribution is 6.30. The minimum absolute atomic E-state index is 0.0247. The summed E-state index contributed by atoms with van der Waals surface area (Å²) in [5, 5.41) is 11.3. The van der Waals surface area contributed by atoms with E-state index in [4.69, 9.17) is 11.6 Å². The largest absolute Gasteiger partial charge is 0.298 e. The number of rotatable bonds is 3. The topological polar surface area (TPSA) is 60.2 Å². The Hall–Kier alpha value is -2.27. The highest BCUT2D eigenvalue weighted by Gasteiger charge is 2.19. The molecule has 6 heteroatoms. The lowest BCUT2D eigenvalue weighted by Crippen LogP contribution is -1.95. The molecule has 0 fully saturated rings. The quantitative estimate of drug-likeness (QED) is 0.487. The van der Waals surface area contributed by atoms with Crippen LogP contribution in [0.5, 0.6) is 0 Å². The molecule has 0 saturated heterocycles. The Balaban J connectivity index is 2.71. The summed E-state index contributed by atoms with van der Waals surface area (Å²) in [6, 6.07) is 7.61. The molecule has 2 rings (SSSR count). The highest BCUT2D eigenvalue weighted by atomic mass is 35.5. The molecule has 0 aliphatic carbocycles. The molecule has 0 aliphatic rings. The summed E-state index contributed by atoms with van der Waals surface area (Å²) in [6.45, 7) is 0. The van der Waals surface area contributed by atoms with Crippen molar-refractivity contribution in [2.24, 2.45) is 0 Å². The predicted molar refractivity (Wildman–Crippen MR) is 68.9 cm³/mol.